The van der Waals surface area contributed by atoms with Crippen LogP contribution in [0.4, 0.5) is 34.5 Å². The SMILES string of the molecule is CCCCNCCNCCCC.F[B-](F)(F)F.F[B-](F)(F)F.[Cu+2]. The molecule has 0 spiro atoms. The molecule has 23 heavy (non-hydrogen) atoms. The smallest absolute Gasteiger partial charge is 0.418 e. The summed E-state index contributed by atoms with van der Waals surface area (Å²) in [5.74, 6) is 0. The molecule has 0 aromatic rings. The van der Waals surface area contributed by atoms with Crippen molar-refractivity contribution in [3.8, 4) is 0 Å². The van der Waals surface area contributed by atoms with Crippen LogP contribution < -0.4 is 10.6 Å². The van der Waals surface area contributed by atoms with E-state index in [-0.39, 0.29) is 17.1 Å². The van der Waals surface area contributed by atoms with Gasteiger partial charge in [0.15, 0.2) is 0 Å². The molecule has 0 aromatic heterocycles. The molecule has 0 bridgehead atoms. The summed E-state index contributed by atoms with van der Waals surface area (Å²) in [7, 11) is -12.0. The maximum absolute atomic E-state index is 9.75. The standard InChI is InChI=1S/C10H24N2.2BF4.Cu/c1-3-5-7-11-9-10-12-8-6-4-2;2*2-1(3,4)5;/h11-12H,3-10H2,1-2H3;;;/q;2*-1;+2. The molecular formula is C10H24B2CuF8N2. The average molecular weight is 409 g/mol. The summed E-state index contributed by atoms with van der Waals surface area (Å²) >= 11 is 0. The van der Waals surface area contributed by atoms with Gasteiger partial charge in [0, 0.05) is 13.1 Å². The normalized spacial score (nSPS) is 10.7. The number of rotatable bonds is 9. The predicted molar refractivity (Wildman–Crippen MR) is 75.9 cm³/mol. The first-order valence-corrected chi connectivity index (χ1v) is 7.07. The Bertz CT molecular complexity index is 186. The average Bonchev–Trinajstić information content (AvgIpc) is 2.28. The Balaban J connectivity index is -0.000000137. The van der Waals surface area contributed by atoms with E-state index in [1.54, 1.807) is 0 Å². The van der Waals surface area contributed by atoms with Gasteiger partial charge in [0.25, 0.3) is 0 Å². The summed E-state index contributed by atoms with van der Waals surface area (Å²) < 4.78 is 78.0. The third-order valence-electron chi connectivity index (χ3n) is 1.89. The summed E-state index contributed by atoms with van der Waals surface area (Å²) in [6.07, 6.45) is 5.18. The van der Waals surface area contributed by atoms with Crippen LogP contribution in [0.5, 0.6) is 0 Å². The first-order valence-electron chi connectivity index (χ1n) is 7.07. The van der Waals surface area contributed by atoms with Crippen LogP contribution in [0.2, 0.25) is 0 Å². The number of hydrogen-bond donors (Lipinski definition) is 2. The second-order valence-corrected chi connectivity index (χ2v) is 4.20. The van der Waals surface area contributed by atoms with Crippen molar-refractivity contribution in [3.05, 3.63) is 0 Å². The largest absolute Gasteiger partial charge is 2.00 e. The van der Waals surface area contributed by atoms with Gasteiger partial charge in [-0.2, -0.15) is 0 Å². The zero-order chi connectivity index (χ0) is 18.1. The van der Waals surface area contributed by atoms with Crippen molar-refractivity contribution >= 4 is 14.5 Å². The zero-order valence-corrected chi connectivity index (χ0v) is 14.1. The van der Waals surface area contributed by atoms with E-state index >= 15 is 0 Å². The number of unbranched alkanes of at least 4 members (excludes halogenated alkanes) is 2. The van der Waals surface area contributed by atoms with Crippen molar-refractivity contribution in [1.82, 2.24) is 10.6 Å². The number of halogens is 8. The maximum atomic E-state index is 9.75. The Morgan fingerprint density at radius 3 is 0.957 bits per heavy atom. The topological polar surface area (TPSA) is 24.1 Å². The van der Waals surface area contributed by atoms with Crippen LogP contribution >= 0.6 is 0 Å². The van der Waals surface area contributed by atoms with Gasteiger partial charge in [-0.25, -0.2) is 0 Å². The third kappa shape index (κ3) is 109. The molecule has 0 saturated carbocycles. The molecule has 0 unspecified atom stereocenters. The van der Waals surface area contributed by atoms with E-state index in [0.717, 1.165) is 13.1 Å². The minimum absolute atomic E-state index is 0. The zero-order valence-electron chi connectivity index (χ0n) is 13.1. The molecule has 0 aromatic carbocycles. The molecule has 13 heteroatoms. The first-order chi connectivity index (χ1) is 9.91. The van der Waals surface area contributed by atoms with E-state index in [1.807, 2.05) is 0 Å². The van der Waals surface area contributed by atoms with Gasteiger partial charge < -0.3 is 45.2 Å². The van der Waals surface area contributed by atoms with Crippen molar-refractivity contribution in [2.45, 2.75) is 39.5 Å². The van der Waals surface area contributed by atoms with Crippen molar-refractivity contribution in [2.75, 3.05) is 26.2 Å². The Labute approximate surface area is 143 Å². The molecule has 0 saturated heterocycles. The summed E-state index contributed by atoms with van der Waals surface area (Å²) in [6, 6.07) is 0. The molecule has 0 aliphatic heterocycles. The van der Waals surface area contributed by atoms with Gasteiger partial charge in [0.2, 0.25) is 0 Å². The van der Waals surface area contributed by atoms with Gasteiger partial charge in [-0.15, -0.1) is 0 Å². The van der Waals surface area contributed by atoms with Gasteiger partial charge >= 0.3 is 31.6 Å². The molecule has 0 amide bonds. The van der Waals surface area contributed by atoms with Crippen LogP contribution in [0.3, 0.4) is 0 Å². The molecule has 147 valence electrons. The molecule has 0 fully saturated rings. The van der Waals surface area contributed by atoms with E-state index < -0.39 is 14.5 Å². The van der Waals surface area contributed by atoms with Crippen LogP contribution in [0.1, 0.15) is 39.5 Å². The minimum Gasteiger partial charge on any atom is -0.418 e. The third-order valence-corrected chi connectivity index (χ3v) is 1.89. The van der Waals surface area contributed by atoms with Crippen LogP contribution in [-0.4, -0.2) is 40.7 Å². The van der Waals surface area contributed by atoms with Crippen molar-refractivity contribution < 1.29 is 51.6 Å². The van der Waals surface area contributed by atoms with Gasteiger partial charge in [-0.05, 0) is 25.9 Å². The van der Waals surface area contributed by atoms with Crippen molar-refractivity contribution in [1.29, 1.82) is 0 Å². The van der Waals surface area contributed by atoms with Crippen molar-refractivity contribution in [3.63, 3.8) is 0 Å². The van der Waals surface area contributed by atoms with Crippen LogP contribution in [0.15, 0.2) is 0 Å². The summed E-state index contributed by atoms with van der Waals surface area (Å²) in [6.45, 7) is 9.02. The second kappa shape index (κ2) is 20.1. The van der Waals surface area contributed by atoms with Crippen LogP contribution in [0, 0.1) is 0 Å². The molecule has 1 radical (unpaired) electrons. The van der Waals surface area contributed by atoms with Crippen LogP contribution in [-0.2, 0) is 17.1 Å². The predicted octanol–water partition coefficient (Wildman–Crippen LogP) is 4.36. The van der Waals surface area contributed by atoms with Gasteiger partial charge in [0.1, 0.15) is 0 Å². The quantitative estimate of drug-likeness (QED) is 0.336. The minimum atomic E-state index is -6.00. The Morgan fingerprint density at radius 1 is 0.565 bits per heavy atom. The van der Waals surface area contributed by atoms with E-state index in [9.17, 15) is 34.5 Å². The molecule has 0 atom stereocenters. The maximum Gasteiger partial charge on any atom is 2.00 e. The monoisotopic (exact) mass is 409 g/mol. The molecule has 2 N–H and O–H groups in total. The van der Waals surface area contributed by atoms with E-state index in [1.165, 1.54) is 38.8 Å². The fourth-order valence-electron chi connectivity index (χ4n) is 1.03. The fraction of sp³-hybridized carbons (Fsp3) is 1.00. The molecule has 0 heterocycles. The van der Waals surface area contributed by atoms with Gasteiger partial charge in [-0.3, -0.25) is 0 Å². The molecule has 0 aliphatic rings. The molecule has 0 aliphatic carbocycles. The number of nitrogens with one attached hydrogen (secondary N) is 2. The number of hydrogen-bond acceptors (Lipinski definition) is 2. The summed E-state index contributed by atoms with van der Waals surface area (Å²) in [5.41, 5.74) is 0. The Hall–Kier alpha value is 0.00935. The first kappa shape index (κ1) is 30.8. The molecule has 0 rings (SSSR count). The van der Waals surface area contributed by atoms with E-state index in [4.69, 9.17) is 0 Å². The Morgan fingerprint density at radius 2 is 0.783 bits per heavy atom. The van der Waals surface area contributed by atoms with E-state index in [0.29, 0.717) is 0 Å². The second-order valence-electron chi connectivity index (χ2n) is 4.20. The fourth-order valence-corrected chi connectivity index (χ4v) is 1.03. The Kier molecular flexibility index (Phi) is 26.9. The van der Waals surface area contributed by atoms with Gasteiger partial charge in [-0.1, -0.05) is 26.7 Å². The summed E-state index contributed by atoms with van der Waals surface area (Å²) in [5, 5.41) is 6.80. The molecule has 2 nitrogen and oxygen atoms in total. The van der Waals surface area contributed by atoms with E-state index in [2.05, 4.69) is 24.5 Å². The van der Waals surface area contributed by atoms with Crippen molar-refractivity contribution in [2.24, 2.45) is 0 Å². The van der Waals surface area contributed by atoms with Crippen LogP contribution in [0.25, 0.3) is 0 Å². The molecular weight excluding hydrogens is 385 g/mol. The van der Waals surface area contributed by atoms with Gasteiger partial charge in [0.05, 0.1) is 0 Å². The summed E-state index contributed by atoms with van der Waals surface area (Å²) in [4.78, 5) is 0.